The van der Waals surface area contributed by atoms with Gasteiger partial charge in [0.2, 0.25) is 11.0 Å². The smallest absolute Gasteiger partial charge is 0.228 e. The zero-order chi connectivity index (χ0) is 17.8. The van der Waals surface area contributed by atoms with Gasteiger partial charge in [0.05, 0.1) is 11.6 Å². The molecular formula is C16H17ClFN3O2S2. The highest BCUT2D eigenvalue weighted by molar-refractivity contribution is 8.01. The van der Waals surface area contributed by atoms with Crippen LogP contribution in [-0.4, -0.2) is 34.5 Å². The van der Waals surface area contributed by atoms with Crippen molar-refractivity contribution in [3.8, 4) is 5.75 Å². The number of hydrogen-bond acceptors (Lipinski definition) is 6. The van der Waals surface area contributed by atoms with Gasteiger partial charge in [-0.3, -0.25) is 9.69 Å². The molecular weight excluding hydrogens is 385 g/mol. The second-order valence-electron chi connectivity index (χ2n) is 5.47. The fraction of sp³-hybridized carbons (Fsp3) is 0.438. The van der Waals surface area contributed by atoms with E-state index in [0.29, 0.717) is 29.7 Å². The first kappa shape index (κ1) is 18.4. The summed E-state index contributed by atoms with van der Waals surface area (Å²) in [5.41, 5.74) is 0. The fourth-order valence-electron chi connectivity index (χ4n) is 2.20. The first-order valence-corrected chi connectivity index (χ1v) is 10.1. The summed E-state index contributed by atoms with van der Waals surface area (Å²) in [4.78, 5) is 13.8. The minimum atomic E-state index is -0.394. The number of halogens is 2. The van der Waals surface area contributed by atoms with Crippen molar-refractivity contribution in [2.75, 3.05) is 17.3 Å². The van der Waals surface area contributed by atoms with E-state index in [9.17, 15) is 9.18 Å². The van der Waals surface area contributed by atoms with E-state index in [2.05, 4.69) is 10.2 Å². The highest BCUT2D eigenvalue weighted by Gasteiger charge is 2.35. The van der Waals surface area contributed by atoms with Crippen LogP contribution in [0.3, 0.4) is 0 Å². The molecule has 0 bridgehead atoms. The van der Waals surface area contributed by atoms with E-state index >= 15 is 0 Å². The van der Waals surface area contributed by atoms with Crippen LogP contribution < -0.4 is 9.64 Å². The maximum absolute atomic E-state index is 13.0. The first-order chi connectivity index (χ1) is 12.1. The van der Waals surface area contributed by atoms with Gasteiger partial charge < -0.3 is 4.74 Å². The Balaban J connectivity index is 1.51. The minimum absolute atomic E-state index is 0.0875. The number of benzene rings is 1. The molecule has 0 atom stereocenters. The molecule has 0 saturated heterocycles. The van der Waals surface area contributed by atoms with Gasteiger partial charge >= 0.3 is 0 Å². The molecule has 1 heterocycles. The van der Waals surface area contributed by atoms with Crippen LogP contribution in [0.25, 0.3) is 0 Å². The average molecular weight is 402 g/mol. The molecule has 25 heavy (non-hydrogen) atoms. The van der Waals surface area contributed by atoms with E-state index in [4.69, 9.17) is 16.3 Å². The predicted molar refractivity (Wildman–Crippen MR) is 98.3 cm³/mol. The summed E-state index contributed by atoms with van der Waals surface area (Å²) in [7, 11) is 0. The molecule has 2 aromatic rings. The lowest BCUT2D eigenvalue weighted by molar-refractivity contribution is -0.118. The van der Waals surface area contributed by atoms with Gasteiger partial charge in [0.15, 0.2) is 4.34 Å². The SMILES string of the molecule is CCC(=O)N(c1nnc(SCCOc2ccc(F)cc2Cl)s1)C1CC1. The Labute approximate surface area is 158 Å². The number of anilines is 1. The number of amides is 1. The first-order valence-electron chi connectivity index (χ1n) is 7.94. The molecule has 0 N–H and O–H groups in total. The molecule has 9 heteroatoms. The lowest BCUT2D eigenvalue weighted by Gasteiger charge is -2.17. The number of hydrogen-bond donors (Lipinski definition) is 0. The van der Waals surface area contributed by atoms with E-state index in [1.165, 1.54) is 41.3 Å². The van der Waals surface area contributed by atoms with Crippen molar-refractivity contribution in [3.05, 3.63) is 29.0 Å². The maximum atomic E-state index is 13.0. The molecule has 5 nitrogen and oxygen atoms in total. The molecule has 0 aliphatic heterocycles. The standard InChI is InChI=1S/C16H17ClFN3O2S2/c1-2-14(22)21(11-4-5-11)15-19-20-16(25-15)24-8-7-23-13-6-3-10(18)9-12(13)17/h3,6,9,11H,2,4-5,7-8H2,1H3. The van der Waals surface area contributed by atoms with E-state index < -0.39 is 5.82 Å². The number of rotatable bonds is 8. The van der Waals surface area contributed by atoms with Gasteiger partial charge in [0.25, 0.3) is 0 Å². The maximum Gasteiger partial charge on any atom is 0.228 e. The van der Waals surface area contributed by atoms with Crippen molar-refractivity contribution in [1.29, 1.82) is 0 Å². The molecule has 1 fully saturated rings. The number of nitrogens with zero attached hydrogens (tertiary/aromatic N) is 3. The van der Waals surface area contributed by atoms with Crippen molar-refractivity contribution in [1.82, 2.24) is 10.2 Å². The number of ether oxygens (including phenoxy) is 1. The Hall–Kier alpha value is -1.38. The largest absolute Gasteiger partial charge is 0.491 e. The Bertz CT molecular complexity index is 755. The van der Waals surface area contributed by atoms with Crippen molar-refractivity contribution in [2.24, 2.45) is 0 Å². The summed E-state index contributed by atoms with van der Waals surface area (Å²) in [6, 6.07) is 4.32. The Morgan fingerprint density at radius 1 is 1.48 bits per heavy atom. The molecule has 0 radical (unpaired) electrons. The Morgan fingerprint density at radius 3 is 2.96 bits per heavy atom. The molecule has 1 amide bonds. The third-order valence-corrected chi connectivity index (χ3v) is 5.86. The van der Waals surface area contributed by atoms with Crippen molar-refractivity contribution < 1.29 is 13.9 Å². The second-order valence-corrected chi connectivity index (χ2v) is 8.18. The van der Waals surface area contributed by atoms with Crippen molar-refractivity contribution in [2.45, 2.75) is 36.6 Å². The molecule has 1 aliphatic carbocycles. The van der Waals surface area contributed by atoms with Crippen molar-refractivity contribution >= 4 is 45.7 Å². The lowest BCUT2D eigenvalue weighted by atomic mass is 10.3. The van der Waals surface area contributed by atoms with Crippen LogP contribution in [-0.2, 0) is 4.79 Å². The zero-order valence-corrected chi connectivity index (χ0v) is 16.0. The van der Waals surface area contributed by atoms with E-state index in [-0.39, 0.29) is 17.0 Å². The van der Waals surface area contributed by atoms with Crippen LogP contribution in [0.15, 0.2) is 22.5 Å². The van der Waals surface area contributed by atoms with Crippen LogP contribution in [0.4, 0.5) is 9.52 Å². The summed E-state index contributed by atoms with van der Waals surface area (Å²) < 4.78 is 19.3. The average Bonchev–Trinajstić information content (AvgIpc) is 3.31. The van der Waals surface area contributed by atoms with Crippen LogP contribution in [0.5, 0.6) is 5.75 Å². The molecule has 1 aromatic heterocycles. The summed E-state index contributed by atoms with van der Waals surface area (Å²) in [6.07, 6.45) is 2.52. The molecule has 1 saturated carbocycles. The highest BCUT2D eigenvalue weighted by Crippen LogP contribution is 2.36. The molecule has 1 aliphatic rings. The molecule has 0 unspecified atom stereocenters. The van der Waals surface area contributed by atoms with E-state index in [1.54, 1.807) is 4.90 Å². The van der Waals surface area contributed by atoms with Crippen LogP contribution >= 0.6 is 34.7 Å². The Kier molecular flexibility index (Phi) is 6.14. The zero-order valence-electron chi connectivity index (χ0n) is 13.6. The summed E-state index contributed by atoms with van der Waals surface area (Å²) in [6.45, 7) is 2.26. The third-order valence-electron chi connectivity index (χ3n) is 3.55. The summed E-state index contributed by atoms with van der Waals surface area (Å²) >= 11 is 8.84. The highest BCUT2D eigenvalue weighted by atomic mass is 35.5. The van der Waals surface area contributed by atoms with Crippen LogP contribution in [0, 0.1) is 5.82 Å². The number of aromatic nitrogens is 2. The van der Waals surface area contributed by atoms with Gasteiger partial charge in [0, 0.05) is 18.2 Å². The van der Waals surface area contributed by atoms with E-state index in [1.807, 2.05) is 6.92 Å². The van der Waals surface area contributed by atoms with Crippen LogP contribution in [0.2, 0.25) is 5.02 Å². The van der Waals surface area contributed by atoms with Gasteiger partial charge in [-0.1, -0.05) is 41.6 Å². The second kappa shape index (κ2) is 8.33. The fourth-order valence-corrected chi connectivity index (χ4v) is 4.24. The van der Waals surface area contributed by atoms with Crippen molar-refractivity contribution in [3.63, 3.8) is 0 Å². The molecule has 1 aromatic carbocycles. The minimum Gasteiger partial charge on any atom is -0.491 e. The Morgan fingerprint density at radius 2 is 2.28 bits per heavy atom. The van der Waals surface area contributed by atoms with Crippen LogP contribution in [0.1, 0.15) is 26.2 Å². The summed E-state index contributed by atoms with van der Waals surface area (Å²) in [5, 5.41) is 9.22. The van der Waals surface area contributed by atoms with Gasteiger partial charge in [-0.05, 0) is 31.0 Å². The van der Waals surface area contributed by atoms with Gasteiger partial charge in [0.1, 0.15) is 11.6 Å². The monoisotopic (exact) mass is 401 g/mol. The van der Waals surface area contributed by atoms with Gasteiger partial charge in [-0.25, -0.2) is 4.39 Å². The molecule has 134 valence electrons. The quantitative estimate of drug-likeness (QED) is 0.372. The van der Waals surface area contributed by atoms with Gasteiger partial charge in [-0.15, -0.1) is 10.2 Å². The lowest BCUT2D eigenvalue weighted by Crippen LogP contribution is -2.32. The number of thioether (sulfide) groups is 1. The topological polar surface area (TPSA) is 55.3 Å². The van der Waals surface area contributed by atoms with E-state index in [0.717, 1.165) is 17.2 Å². The predicted octanol–water partition coefficient (Wildman–Crippen LogP) is 4.41. The van der Waals surface area contributed by atoms with Gasteiger partial charge in [-0.2, -0.15) is 0 Å². The number of carbonyl (C=O) groups excluding carboxylic acids is 1. The molecule has 3 rings (SSSR count). The summed E-state index contributed by atoms with van der Waals surface area (Å²) in [5.74, 6) is 0.794. The number of carbonyl (C=O) groups is 1. The normalized spacial score (nSPS) is 13.7. The molecule has 0 spiro atoms. The third kappa shape index (κ3) is 4.83.